The summed E-state index contributed by atoms with van der Waals surface area (Å²) in [7, 11) is 0. The maximum absolute atomic E-state index is 13.5. The lowest BCUT2D eigenvalue weighted by Crippen LogP contribution is -2.26. The molecular weight excluding hydrogens is 465 g/mol. The lowest BCUT2D eigenvalue weighted by atomic mass is 10.2. The molecule has 10 heteroatoms. The van der Waals surface area contributed by atoms with E-state index in [4.69, 9.17) is 11.6 Å². The van der Waals surface area contributed by atoms with E-state index in [2.05, 4.69) is 15.4 Å². The molecule has 0 fully saturated rings. The molecule has 0 atom stereocenters. The van der Waals surface area contributed by atoms with Crippen LogP contribution in [0.3, 0.4) is 0 Å². The highest BCUT2D eigenvalue weighted by Crippen LogP contribution is 2.22. The number of halogens is 2. The van der Waals surface area contributed by atoms with E-state index < -0.39 is 5.82 Å². The van der Waals surface area contributed by atoms with Crippen molar-refractivity contribution in [3.63, 3.8) is 0 Å². The van der Waals surface area contributed by atoms with Gasteiger partial charge in [-0.25, -0.2) is 9.37 Å². The number of hydrogen-bond donors (Lipinski definition) is 1. The van der Waals surface area contributed by atoms with E-state index in [0.29, 0.717) is 39.1 Å². The first-order valence-corrected chi connectivity index (χ1v) is 11.6. The smallest absolute Gasteiger partial charge is 0.280 e. The number of amides is 1. The Morgan fingerprint density at radius 1 is 1.21 bits per heavy atom. The molecule has 170 valence electrons. The molecule has 4 aromatic rings. The zero-order valence-electron chi connectivity index (χ0n) is 18.0. The van der Waals surface area contributed by atoms with E-state index in [1.54, 1.807) is 34.4 Å². The lowest BCUT2D eigenvalue weighted by molar-refractivity contribution is -0.113. The van der Waals surface area contributed by atoms with Crippen LogP contribution in [0, 0.1) is 12.7 Å². The van der Waals surface area contributed by atoms with Gasteiger partial charge in [0.15, 0.2) is 10.7 Å². The first-order valence-electron chi connectivity index (χ1n) is 10.3. The molecule has 0 aliphatic carbocycles. The molecule has 0 spiro atoms. The van der Waals surface area contributed by atoms with Gasteiger partial charge < -0.3 is 5.32 Å². The molecule has 2 aromatic carbocycles. The standard InChI is InChI=1S/C23H21ClFN5O2S/c1-3-30-21-20(14(2)28-30)27-23(29(22(21)32)12-15-7-9-16(24)10-8-15)33-13-19(31)26-18-6-4-5-17(25)11-18/h4-11H,3,12-13H2,1-2H3,(H,26,31). The quantitative estimate of drug-likeness (QED) is 0.308. The molecule has 0 aliphatic heterocycles. The lowest BCUT2D eigenvalue weighted by Gasteiger charge is -2.13. The summed E-state index contributed by atoms with van der Waals surface area (Å²) in [4.78, 5) is 30.6. The van der Waals surface area contributed by atoms with Crippen molar-refractivity contribution in [2.24, 2.45) is 0 Å². The van der Waals surface area contributed by atoms with Crippen LogP contribution in [0.15, 0.2) is 58.5 Å². The minimum absolute atomic E-state index is 0.00393. The van der Waals surface area contributed by atoms with Gasteiger partial charge in [-0.05, 0) is 49.7 Å². The predicted molar refractivity (Wildman–Crippen MR) is 129 cm³/mol. The molecule has 0 bridgehead atoms. The summed E-state index contributed by atoms with van der Waals surface area (Å²) in [6.45, 7) is 4.51. The maximum Gasteiger partial charge on any atom is 0.280 e. The number of anilines is 1. The largest absolute Gasteiger partial charge is 0.325 e. The number of carbonyl (C=O) groups is 1. The van der Waals surface area contributed by atoms with Gasteiger partial charge in [-0.1, -0.05) is 41.6 Å². The monoisotopic (exact) mass is 485 g/mol. The van der Waals surface area contributed by atoms with Gasteiger partial charge in [-0.15, -0.1) is 0 Å². The molecule has 2 aromatic heterocycles. The fourth-order valence-corrected chi connectivity index (χ4v) is 4.35. The third-order valence-corrected chi connectivity index (χ3v) is 6.20. The van der Waals surface area contributed by atoms with Crippen molar-refractivity contribution in [2.45, 2.75) is 32.1 Å². The Morgan fingerprint density at radius 3 is 2.67 bits per heavy atom. The van der Waals surface area contributed by atoms with Crippen LogP contribution in [0.2, 0.25) is 5.02 Å². The van der Waals surface area contributed by atoms with Crippen molar-refractivity contribution >= 4 is 46.0 Å². The van der Waals surface area contributed by atoms with Gasteiger partial charge in [0.25, 0.3) is 5.56 Å². The third kappa shape index (κ3) is 5.09. The summed E-state index contributed by atoms with van der Waals surface area (Å²) in [6.07, 6.45) is 0. The van der Waals surface area contributed by atoms with Crippen LogP contribution in [0.1, 0.15) is 18.2 Å². The van der Waals surface area contributed by atoms with Gasteiger partial charge in [0.2, 0.25) is 5.91 Å². The van der Waals surface area contributed by atoms with E-state index in [1.165, 1.54) is 18.2 Å². The van der Waals surface area contributed by atoms with Crippen molar-refractivity contribution in [1.82, 2.24) is 19.3 Å². The number of aromatic nitrogens is 4. The molecule has 0 saturated heterocycles. The van der Waals surface area contributed by atoms with Crippen LogP contribution in [0.5, 0.6) is 0 Å². The van der Waals surface area contributed by atoms with Gasteiger partial charge in [-0.3, -0.25) is 18.8 Å². The first kappa shape index (κ1) is 23.0. The Balaban J connectivity index is 1.67. The summed E-state index contributed by atoms with van der Waals surface area (Å²) in [5.41, 5.74) is 2.59. The second kappa shape index (κ2) is 9.76. The topological polar surface area (TPSA) is 81.8 Å². The second-order valence-electron chi connectivity index (χ2n) is 7.36. The molecule has 4 rings (SSSR count). The van der Waals surface area contributed by atoms with Gasteiger partial charge in [-0.2, -0.15) is 5.10 Å². The molecule has 0 unspecified atom stereocenters. The van der Waals surface area contributed by atoms with Crippen molar-refractivity contribution in [1.29, 1.82) is 0 Å². The van der Waals surface area contributed by atoms with Crippen molar-refractivity contribution in [2.75, 3.05) is 11.1 Å². The van der Waals surface area contributed by atoms with Crippen LogP contribution >= 0.6 is 23.4 Å². The molecule has 0 saturated carbocycles. The molecule has 7 nitrogen and oxygen atoms in total. The van der Waals surface area contributed by atoms with Crippen LogP contribution in [-0.2, 0) is 17.9 Å². The van der Waals surface area contributed by atoms with E-state index in [9.17, 15) is 14.0 Å². The average molecular weight is 486 g/mol. The molecule has 0 aliphatic rings. The number of nitrogens with zero attached hydrogens (tertiary/aromatic N) is 4. The number of aryl methyl sites for hydroxylation is 2. The molecule has 0 radical (unpaired) electrons. The molecule has 1 N–H and O–H groups in total. The SMILES string of the molecule is CCn1nc(C)c2nc(SCC(=O)Nc3cccc(F)c3)n(Cc3ccc(Cl)cc3)c(=O)c21. The number of benzene rings is 2. The fourth-order valence-electron chi connectivity index (χ4n) is 3.43. The zero-order valence-corrected chi connectivity index (χ0v) is 19.6. The Kier molecular flexibility index (Phi) is 6.80. The van der Waals surface area contributed by atoms with Gasteiger partial charge in [0.1, 0.15) is 11.3 Å². The number of thioether (sulfide) groups is 1. The average Bonchev–Trinajstić information content (AvgIpc) is 3.11. The maximum atomic E-state index is 13.5. The number of fused-ring (bicyclic) bond motifs is 1. The van der Waals surface area contributed by atoms with Crippen molar-refractivity contribution in [3.8, 4) is 0 Å². The number of nitrogens with one attached hydrogen (secondary N) is 1. The van der Waals surface area contributed by atoms with E-state index >= 15 is 0 Å². The minimum atomic E-state index is -0.437. The highest BCUT2D eigenvalue weighted by molar-refractivity contribution is 7.99. The Hall–Kier alpha value is -3.17. The van der Waals surface area contributed by atoms with Crippen LogP contribution in [0.4, 0.5) is 10.1 Å². The summed E-state index contributed by atoms with van der Waals surface area (Å²) in [5.74, 6) is -0.775. The Morgan fingerprint density at radius 2 is 1.97 bits per heavy atom. The van der Waals surface area contributed by atoms with Gasteiger partial charge in [0, 0.05) is 17.3 Å². The molecule has 1 amide bonds. The summed E-state index contributed by atoms with van der Waals surface area (Å²) in [5, 5.41) is 8.09. The number of carbonyl (C=O) groups excluding carboxylic acids is 1. The summed E-state index contributed by atoms with van der Waals surface area (Å²) < 4.78 is 16.6. The van der Waals surface area contributed by atoms with Crippen molar-refractivity contribution < 1.29 is 9.18 Å². The Labute approximate surface area is 198 Å². The molecule has 2 heterocycles. The number of rotatable bonds is 7. The van der Waals surface area contributed by atoms with Crippen molar-refractivity contribution in [3.05, 3.63) is 81.0 Å². The predicted octanol–water partition coefficient (Wildman–Crippen LogP) is 4.49. The second-order valence-corrected chi connectivity index (χ2v) is 8.74. The highest BCUT2D eigenvalue weighted by atomic mass is 35.5. The Bertz CT molecular complexity index is 1380. The van der Waals surface area contributed by atoms with Gasteiger partial charge in [0.05, 0.1) is 18.0 Å². The van der Waals surface area contributed by atoms with Crippen LogP contribution in [0.25, 0.3) is 11.0 Å². The van der Waals surface area contributed by atoms with Crippen LogP contribution < -0.4 is 10.9 Å². The van der Waals surface area contributed by atoms with E-state index in [-0.39, 0.29) is 23.8 Å². The first-order chi connectivity index (χ1) is 15.9. The van der Waals surface area contributed by atoms with E-state index in [0.717, 1.165) is 17.3 Å². The van der Waals surface area contributed by atoms with Crippen LogP contribution in [-0.4, -0.2) is 31.0 Å². The van der Waals surface area contributed by atoms with E-state index in [1.807, 2.05) is 19.1 Å². The highest BCUT2D eigenvalue weighted by Gasteiger charge is 2.19. The third-order valence-electron chi connectivity index (χ3n) is 4.98. The summed E-state index contributed by atoms with van der Waals surface area (Å²) in [6, 6.07) is 12.9. The normalized spacial score (nSPS) is 11.2. The van der Waals surface area contributed by atoms with Gasteiger partial charge >= 0.3 is 0 Å². The zero-order chi connectivity index (χ0) is 23.5. The summed E-state index contributed by atoms with van der Waals surface area (Å²) >= 11 is 7.13. The number of hydrogen-bond acceptors (Lipinski definition) is 5. The fraction of sp³-hybridized carbons (Fsp3) is 0.217. The minimum Gasteiger partial charge on any atom is -0.325 e. The molecule has 33 heavy (non-hydrogen) atoms. The molecular formula is C23H21ClFN5O2S.